The number of aliphatic hydroxyl groups excluding tert-OH is 1. The van der Waals surface area contributed by atoms with Crippen molar-refractivity contribution in [2.45, 2.75) is 24.5 Å². The third-order valence-electron chi connectivity index (χ3n) is 5.53. The van der Waals surface area contributed by atoms with E-state index < -0.39 is 35.6 Å². The molecule has 1 aliphatic rings. The number of aliphatic hydroxyl groups is 1. The number of benzene rings is 2. The largest absolute Gasteiger partial charge is 0.416 e. The lowest BCUT2D eigenvalue weighted by atomic mass is 9.94. The van der Waals surface area contributed by atoms with Crippen LogP contribution in [0.15, 0.2) is 48.5 Å². The van der Waals surface area contributed by atoms with Crippen molar-refractivity contribution >= 4 is 11.6 Å². The highest BCUT2D eigenvalue weighted by molar-refractivity contribution is 6.18. The van der Waals surface area contributed by atoms with Gasteiger partial charge in [0.25, 0.3) is 0 Å². The lowest BCUT2D eigenvalue weighted by molar-refractivity contribution is -0.138. The van der Waals surface area contributed by atoms with Crippen molar-refractivity contribution < 1.29 is 31.4 Å². The fraction of sp³-hybridized carbons (Fsp3) is 0.455. The molecule has 3 nitrogen and oxygen atoms in total. The minimum Gasteiger partial charge on any atom is -0.391 e. The molecule has 2 aromatic rings. The second kappa shape index (κ2) is 9.99. The lowest BCUT2D eigenvalue weighted by Crippen LogP contribution is -2.49. The highest BCUT2D eigenvalue weighted by Gasteiger charge is 2.33. The van der Waals surface area contributed by atoms with Crippen LogP contribution in [-0.4, -0.2) is 59.6 Å². The van der Waals surface area contributed by atoms with E-state index in [1.807, 2.05) is 9.80 Å². The van der Waals surface area contributed by atoms with Crippen molar-refractivity contribution in [3.05, 3.63) is 70.8 Å². The number of halogens is 7. The predicted molar refractivity (Wildman–Crippen MR) is 109 cm³/mol. The van der Waals surface area contributed by atoms with Crippen molar-refractivity contribution in [1.82, 2.24) is 9.80 Å². The zero-order chi connectivity index (χ0) is 23.5. The van der Waals surface area contributed by atoms with Gasteiger partial charge in [-0.25, -0.2) is 0 Å². The van der Waals surface area contributed by atoms with Crippen LogP contribution in [0.3, 0.4) is 0 Å². The summed E-state index contributed by atoms with van der Waals surface area (Å²) in [6.45, 7) is 2.64. The van der Waals surface area contributed by atoms with Crippen LogP contribution in [0.1, 0.15) is 28.3 Å². The van der Waals surface area contributed by atoms with E-state index in [1.54, 1.807) is 0 Å². The topological polar surface area (TPSA) is 26.7 Å². The Kier molecular flexibility index (Phi) is 7.75. The summed E-state index contributed by atoms with van der Waals surface area (Å²) in [6.07, 6.45) is -9.61. The first-order valence-electron chi connectivity index (χ1n) is 10.0. The Hall–Kier alpha value is -1.81. The summed E-state index contributed by atoms with van der Waals surface area (Å²) in [5.41, 5.74) is -0.446. The van der Waals surface area contributed by atoms with Crippen molar-refractivity contribution in [2.75, 3.05) is 38.6 Å². The average molecular weight is 481 g/mol. The first-order chi connectivity index (χ1) is 15.0. The zero-order valence-electron chi connectivity index (χ0n) is 17.0. The van der Waals surface area contributed by atoms with Crippen molar-refractivity contribution in [3.63, 3.8) is 0 Å². The Morgan fingerprint density at radius 2 is 1.16 bits per heavy atom. The molecular weight excluding hydrogens is 458 g/mol. The molecule has 2 aromatic carbocycles. The maximum absolute atomic E-state index is 13.0. The quantitative estimate of drug-likeness (QED) is 0.464. The number of hydrogen-bond acceptors (Lipinski definition) is 3. The Labute approximate surface area is 187 Å². The summed E-state index contributed by atoms with van der Waals surface area (Å²) in [5, 5.41) is 9.75. The third kappa shape index (κ3) is 6.15. The summed E-state index contributed by atoms with van der Waals surface area (Å²) in [4.78, 5) is 4.05. The van der Waals surface area contributed by atoms with Gasteiger partial charge in [0.1, 0.15) is 0 Å². The van der Waals surface area contributed by atoms with Gasteiger partial charge in [0, 0.05) is 38.6 Å². The molecule has 1 aliphatic heterocycles. The van der Waals surface area contributed by atoms with E-state index in [1.165, 1.54) is 24.3 Å². The fourth-order valence-electron chi connectivity index (χ4n) is 3.87. The summed E-state index contributed by atoms with van der Waals surface area (Å²) in [7, 11) is 0. The standard InChI is InChI=1S/C22H23ClF6N2O/c23-13-19(32)14-30-9-11-31(12-10-30)20(15-1-5-17(6-2-15)21(24,25)26)16-3-7-18(8-4-16)22(27,28)29/h1-8,19-20,32H,9-14H2. The van der Waals surface area contributed by atoms with Gasteiger partial charge in [-0.1, -0.05) is 24.3 Å². The van der Waals surface area contributed by atoms with E-state index in [0.717, 1.165) is 24.3 Å². The summed E-state index contributed by atoms with van der Waals surface area (Å²) < 4.78 is 77.9. The smallest absolute Gasteiger partial charge is 0.391 e. The summed E-state index contributed by atoms with van der Waals surface area (Å²) >= 11 is 5.65. The van der Waals surface area contributed by atoms with Crippen molar-refractivity contribution in [2.24, 2.45) is 0 Å². The summed E-state index contributed by atoms with van der Waals surface area (Å²) in [6, 6.07) is 8.92. The molecule has 32 heavy (non-hydrogen) atoms. The molecule has 1 heterocycles. The normalized spacial score (nSPS) is 17.7. The van der Waals surface area contributed by atoms with Crippen LogP contribution < -0.4 is 0 Å². The van der Waals surface area contributed by atoms with Crippen LogP contribution in [-0.2, 0) is 12.4 Å². The number of alkyl halides is 7. The highest BCUT2D eigenvalue weighted by atomic mass is 35.5. The minimum absolute atomic E-state index is 0.111. The van der Waals surface area contributed by atoms with Crippen LogP contribution in [0.25, 0.3) is 0 Å². The van der Waals surface area contributed by atoms with Gasteiger partial charge in [-0.05, 0) is 35.4 Å². The number of piperazine rings is 1. The fourth-order valence-corrected chi connectivity index (χ4v) is 3.97. The van der Waals surface area contributed by atoms with Gasteiger partial charge in [-0.3, -0.25) is 9.80 Å². The highest BCUT2D eigenvalue weighted by Crippen LogP contribution is 2.35. The molecule has 0 aliphatic carbocycles. The molecule has 0 spiro atoms. The van der Waals surface area contributed by atoms with Crippen molar-refractivity contribution in [1.29, 1.82) is 0 Å². The predicted octanol–water partition coefficient (Wildman–Crippen LogP) is 5.03. The first-order valence-corrected chi connectivity index (χ1v) is 10.6. The van der Waals surface area contributed by atoms with Crippen LogP contribution in [0.4, 0.5) is 26.3 Å². The average Bonchev–Trinajstić information content (AvgIpc) is 2.74. The molecule has 0 bridgehead atoms. The maximum Gasteiger partial charge on any atom is 0.416 e. The van der Waals surface area contributed by atoms with Gasteiger partial charge in [-0.15, -0.1) is 11.6 Å². The molecule has 0 amide bonds. The Balaban J connectivity index is 1.87. The maximum atomic E-state index is 13.0. The third-order valence-corrected chi connectivity index (χ3v) is 5.88. The molecule has 3 rings (SSSR count). The number of nitrogens with zero attached hydrogens (tertiary/aromatic N) is 2. The molecular formula is C22H23ClF6N2O. The minimum atomic E-state index is -4.47. The van der Waals surface area contributed by atoms with Crippen LogP contribution in [0.5, 0.6) is 0 Å². The monoisotopic (exact) mass is 480 g/mol. The van der Waals surface area contributed by atoms with Crippen LogP contribution >= 0.6 is 11.6 Å². The molecule has 10 heteroatoms. The van der Waals surface area contributed by atoms with Gasteiger partial charge in [-0.2, -0.15) is 26.3 Å². The second-order valence-electron chi connectivity index (χ2n) is 7.79. The summed E-state index contributed by atoms with van der Waals surface area (Å²) in [5.74, 6) is 0.111. The molecule has 176 valence electrons. The van der Waals surface area contributed by atoms with Crippen LogP contribution in [0, 0.1) is 0 Å². The Bertz CT molecular complexity index is 804. The van der Waals surface area contributed by atoms with E-state index in [2.05, 4.69) is 0 Å². The van der Waals surface area contributed by atoms with Gasteiger partial charge in [0.15, 0.2) is 0 Å². The van der Waals surface area contributed by atoms with E-state index in [4.69, 9.17) is 11.6 Å². The molecule has 0 radical (unpaired) electrons. The van der Waals surface area contributed by atoms with Gasteiger partial charge in [0.2, 0.25) is 0 Å². The molecule has 1 N–H and O–H groups in total. The van der Waals surface area contributed by atoms with E-state index in [0.29, 0.717) is 43.9 Å². The first kappa shape index (κ1) is 24.8. The molecule has 0 aromatic heterocycles. The van der Waals surface area contributed by atoms with Gasteiger partial charge < -0.3 is 5.11 Å². The zero-order valence-corrected chi connectivity index (χ0v) is 17.8. The SMILES string of the molecule is OC(CCl)CN1CCN(C(c2ccc(C(F)(F)F)cc2)c2ccc(C(F)(F)F)cc2)CC1. The molecule has 1 unspecified atom stereocenters. The number of rotatable bonds is 6. The molecule has 1 atom stereocenters. The van der Waals surface area contributed by atoms with Crippen LogP contribution in [0.2, 0.25) is 0 Å². The van der Waals surface area contributed by atoms with E-state index >= 15 is 0 Å². The number of β-amino-alcohol motifs (C(OH)–C–C–N with tert-alkyl or cyclic N) is 1. The Morgan fingerprint density at radius 1 is 0.750 bits per heavy atom. The van der Waals surface area contributed by atoms with E-state index in [-0.39, 0.29) is 5.88 Å². The molecule has 0 saturated carbocycles. The van der Waals surface area contributed by atoms with E-state index in [9.17, 15) is 31.4 Å². The molecule has 1 saturated heterocycles. The van der Waals surface area contributed by atoms with Crippen molar-refractivity contribution in [3.8, 4) is 0 Å². The van der Waals surface area contributed by atoms with Gasteiger partial charge >= 0.3 is 12.4 Å². The second-order valence-corrected chi connectivity index (χ2v) is 8.10. The lowest BCUT2D eigenvalue weighted by Gasteiger charge is -2.40. The Morgan fingerprint density at radius 3 is 1.50 bits per heavy atom. The van der Waals surface area contributed by atoms with Gasteiger partial charge in [0.05, 0.1) is 23.3 Å². The molecule has 1 fully saturated rings. The number of hydrogen-bond donors (Lipinski definition) is 1.